The Balaban J connectivity index is 1.66. The van der Waals surface area contributed by atoms with Crippen LogP contribution in [0.3, 0.4) is 0 Å². The van der Waals surface area contributed by atoms with E-state index >= 15 is 0 Å². The number of aromatic nitrogens is 4. The molecule has 0 saturated carbocycles. The molecule has 0 aliphatic carbocycles. The standard InChI is InChI=1S/C19H16ClN5O2S2/c1-4-7-25-16(23-24-19(25)28)15-10(3)21-18(29-15)22-17(26)14-9(2)12-8-11(20)5-6-13(12)27-14/h4-6,8H,1,7H2,2-3H3,(H,24,28)(H,21,22,26). The predicted molar refractivity (Wildman–Crippen MR) is 117 cm³/mol. The zero-order chi connectivity index (χ0) is 20.7. The number of halogens is 1. The highest BCUT2D eigenvalue weighted by Gasteiger charge is 2.21. The summed E-state index contributed by atoms with van der Waals surface area (Å²) in [5.41, 5.74) is 2.06. The van der Waals surface area contributed by atoms with Crippen LogP contribution in [-0.4, -0.2) is 25.7 Å². The van der Waals surface area contributed by atoms with E-state index in [1.807, 2.05) is 18.4 Å². The monoisotopic (exact) mass is 445 g/mol. The molecule has 7 nitrogen and oxygen atoms in total. The molecule has 4 aromatic rings. The van der Waals surface area contributed by atoms with E-state index < -0.39 is 0 Å². The van der Waals surface area contributed by atoms with Crippen LogP contribution in [0.5, 0.6) is 0 Å². The van der Waals surface area contributed by atoms with Gasteiger partial charge in [0, 0.05) is 22.5 Å². The number of benzene rings is 1. The van der Waals surface area contributed by atoms with Gasteiger partial charge in [0.2, 0.25) is 0 Å². The molecule has 4 rings (SSSR count). The molecular formula is C19H16ClN5O2S2. The number of rotatable bonds is 5. The van der Waals surface area contributed by atoms with Crippen molar-refractivity contribution in [1.82, 2.24) is 19.7 Å². The van der Waals surface area contributed by atoms with Crippen molar-refractivity contribution in [1.29, 1.82) is 0 Å². The van der Waals surface area contributed by atoms with Gasteiger partial charge in [-0.05, 0) is 44.3 Å². The average Bonchev–Trinajstić information content (AvgIpc) is 3.32. The van der Waals surface area contributed by atoms with Gasteiger partial charge in [-0.1, -0.05) is 29.0 Å². The Bertz CT molecular complexity index is 1310. The molecule has 10 heteroatoms. The Kier molecular flexibility index (Phi) is 5.12. The molecule has 0 unspecified atom stereocenters. The molecule has 0 aliphatic heterocycles. The van der Waals surface area contributed by atoms with E-state index in [4.69, 9.17) is 28.2 Å². The normalized spacial score (nSPS) is 11.1. The lowest BCUT2D eigenvalue weighted by Gasteiger charge is -2.01. The lowest BCUT2D eigenvalue weighted by atomic mass is 10.1. The summed E-state index contributed by atoms with van der Waals surface area (Å²) in [6, 6.07) is 5.25. The number of nitrogens with zero attached hydrogens (tertiary/aromatic N) is 3. The number of aryl methyl sites for hydroxylation is 2. The van der Waals surface area contributed by atoms with Crippen LogP contribution >= 0.6 is 35.2 Å². The van der Waals surface area contributed by atoms with Gasteiger partial charge in [-0.15, -0.1) is 6.58 Å². The fraction of sp³-hybridized carbons (Fsp3) is 0.158. The van der Waals surface area contributed by atoms with Crippen molar-refractivity contribution < 1.29 is 9.21 Å². The first-order valence-electron chi connectivity index (χ1n) is 8.63. The lowest BCUT2D eigenvalue weighted by molar-refractivity contribution is 0.0998. The van der Waals surface area contributed by atoms with Gasteiger partial charge in [0.05, 0.1) is 10.6 Å². The second kappa shape index (κ2) is 7.58. The SMILES string of the molecule is C=CCn1c(-c2sc(NC(=O)c3oc4ccc(Cl)cc4c3C)nc2C)n[nH]c1=S. The molecule has 1 amide bonds. The Hall–Kier alpha value is -2.75. The maximum absolute atomic E-state index is 12.8. The number of anilines is 1. The van der Waals surface area contributed by atoms with Crippen molar-refractivity contribution >= 4 is 57.2 Å². The third-order valence-corrected chi connectivity index (χ3v) is 6.01. The van der Waals surface area contributed by atoms with Gasteiger partial charge in [0.25, 0.3) is 5.91 Å². The quantitative estimate of drug-likeness (QED) is 0.312. The molecule has 0 radical (unpaired) electrons. The van der Waals surface area contributed by atoms with E-state index in [1.165, 1.54) is 11.3 Å². The van der Waals surface area contributed by atoms with Gasteiger partial charge < -0.3 is 4.42 Å². The van der Waals surface area contributed by atoms with Gasteiger partial charge in [0.15, 0.2) is 21.5 Å². The fourth-order valence-corrected chi connectivity index (χ4v) is 4.35. The van der Waals surface area contributed by atoms with Gasteiger partial charge in [0.1, 0.15) is 5.58 Å². The number of carbonyl (C=O) groups is 1. The number of carbonyl (C=O) groups excluding carboxylic acids is 1. The zero-order valence-corrected chi connectivity index (χ0v) is 18.0. The molecule has 1 aromatic carbocycles. The largest absolute Gasteiger partial charge is 0.451 e. The van der Waals surface area contributed by atoms with Crippen molar-refractivity contribution in [2.45, 2.75) is 20.4 Å². The number of amides is 1. The minimum Gasteiger partial charge on any atom is -0.451 e. The molecule has 2 N–H and O–H groups in total. The highest BCUT2D eigenvalue weighted by molar-refractivity contribution is 7.71. The van der Waals surface area contributed by atoms with Gasteiger partial charge in [-0.3, -0.25) is 19.8 Å². The summed E-state index contributed by atoms with van der Waals surface area (Å²) in [4.78, 5) is 18.1. The van der Waals surface area contributed by atoms with Crippen molar-refractivity contribution in [3.63, 3.8) is 0 Å². The molecule has 0 bridgehead atoms. The molecule has 0 atom stereocenters. The maximum atomic E-state index is 12.8. The lowest BCUT2D eigenvalue weighted by Crippen LogP contribution is -2.11. The smallest absolute Gasteiger partial charge is 0.293 e. The van der Waals surface area contributed by atoms with E-state index in [-0.39, 0.29) is 11.7 Å². The van der Waals surface area contributed by atoms with Crippen LogP contribution in [-0.2, 0) is 6.54 Å². The minimum absolute atomic E-state index is 0.228. The van der Waals surface area contributed by atoms with Crippen LogP contribution in [0.4, 0.5) is 5.13 Å². The molecule has 29 heavy (non-hydrogen) atoms. The van der Waals surface area contributed by atoms with E-state index in [0.29, 0.717) is 32.9 Å². The molecule has 3 heterocycles. The average molecular weight is 446 g/mol. The summed E-state index contributed by atoms with van der Waals surface area (Å²) >= 11 is 12.6. The van der Waals surface area contributed by atoms with Gasteiger partial charge >= 0.3 is 0 Å². The summed E-state index contributed by atoms with van der Waals surface area (Å²) in [5, 5.41) is 11.7. The number of H-pyrrole nitrogens is 1. The second-order valence-electron chi connectivity index (χ2n) is 6.34. The zero-order valence-electron chi connectivity index (χ0n) is 15.6. The first-order chi connectivity index (χ1) is 13.9. The summed E-state index contributed by atoms with van der Waals surface area (Å²) in [7, 11) is 0. The second-order valence-corrected chi connectivity index (χ2v) is 8.16. The first-order valence-corrected chi connectivity index (χ1v) is 10.2. The van der Waals surface area contributed by atoms with E-state index in [0.717, 1.165) is 21.5 Å². The number of hydrogen-bond acceptors (Lipinski definition) is 6. The third kappa shape index (κ3) is 3.52. The fourth-order valence-electron chi connectivity index (χ4n) is 3.01. The van der Waals surface area contributed by atoms with Crippen LogP contribution < -0.4 is 5.32 Å². The molecule has 0 aliphatic rings. The number of nitrogens with one attached hydrogen (secondary N) is 2. The molecule has 0 saturated heterocycles. The van der Waals surface area contributed by atoms with Crippen molar-refractivity contribution in [3.8, 4) is 10.7 Å². The van der Waals surface area contributed by atoms with E-state index in [1.54, 1.807) is 24.3 Å². The van der Waals surface area contributed by atoms with Crippen LogP contribution in [0.2, 0.25) is 5.02 Å². The number of hydrogen-bond donors (Lipinski definition) is 2. The predicted octanol–water partition coefficient (Wildman–Crippen LogP) is 5.52. The van der Waals surface area contributed by atoms with Crippen LogP contribution in [0, 0.1) is 18.6 Å². The number of aromatic amines is 1. The van der Waals surface area contributed by atoms with Crippen molar-refractivity contribution in [2.24, 2.45) is 0 Å². The highest BCUT2D eigenvalue weighted by Crippen LogP contribution is 2.33. The number of furan rings is 1. The third-order valence-electron chi connectivity index (χ3n) is 4.39. The first kappa shape index (κ1) is 19.6. The number of fused-ring (bicyclic) bond motifs is 1. The van der Waals surface area contributed by atoms with Gasteiger partial charge in [-0.2, -0.15) is 5.10 Å². The van der Waals surface area contributed by atoms with Gasteiger partial charge in [-0.25, -0.2) is 4.98 Å². The minimum atomic E-state index is -0.375. The van der Waals surface area contributed by atoms with Crippen molar-refractivity contribution in [3.05, 3.63) is 57.7 Å². The van der Waals surface area contributed by atoms with Crippen LogP contribution in [0.15, 0.2) is 35.3 Å². The maximum Gasteiger partial charge on any atom is 0.293 e. The highest BCUT2D eigenvalue weighted by atomic mass is 35.5. The summed E-state index contributed by atoms with van der Waals surface area (Å²) < 4.78 is 8.04. The molecule has 0 fully saturated rings. The Morgan fingerprint density at radius 1 is 1.48 bits per heavy atom. The topological polar surface area (TPSA) is 88.7 Å². The summed E-state index contributed by atoms with van der Waals surface area (Å²) in [6.07, 6.45) is 1.74. The Morgan fingerprint density at radius 2 is 2.28 bits per heavy atom. The Morgan fingerprint density at radius 3 is 3.03 bits per heavy atom. The van der Waals surface area contributed by atoms with Crippen LogP contribution in [0.1, 0.15) is 21.8 Å². The molecule has 148 valence electrons. The number of thiazole rings is 1. The molecule has 0 spiro atoms. The van der Waals surface area contributed by atoms with E-state index in [9.17, 15) is 4.79 Å². The molecule has 3 aromatic heterocycles. The summed E-state index contributed by atoms with van der Waals surface area (Å²) in [5.74, 6) is 0.506. The van der Waals surface area contributed by atoms with Crippen LogP contribution in [0.25, 0.3) is 21.7 Å². The van der Waals surface area contributed by atoms with E-state index in [2.05, 4.69) is 27.1 Å². The summed E-state index contributed by atoms with van der Waals surface area (Å²) in [6.45, 7) is 7.94. The molecular weight excluding hydrogens is 430 g/mol. The number of allylic oxidation sites excluding steroid dienone is 1. The van der Waals surface area contributed by atoms with Crippen molar-refractivity contribution in [2.75, 3.05) is 5.32 Å². The Labute approximate surface area is 180 Å².